The van der Waals surface area contributed by atoms with Crippen LogP contribution in [0.4, 0.5) is 0 Å². The fourth-order valence-corrected chi connectivity index (χ4v) is 3.38. The van der Waals surface area contributed by atoms with Crippen molar-refractivity contribution in [2.45, 2.75) is 20.4 Å². The van der Waals surface area contributed by atoms with Crippen molar-refractivity contribution in [1.29, 1.82) is 0 Å². The van der Waals surface area contributed by atoms with Gasteiger partial charge in [0.25, 0.3) is 11.8 Å². The standard InChI is InChI=1S/C18H17NO3S/c1-3-23-16-15(13-8-6-12(2)7-9-13)17(20)19(18(16)21)11-14-5-4-10-22-14/h4-10H,3,11H2,1-2H3. The topological polar surface area (TPSA) is 50.5 Å². The Morgan fingerprint density at radius 2 is 1.83 bits per heavy atom. The molecule has 0 fully saturated rings. The number of carbonyl (C=O) groups is 2. The quantitative estimate of drug-likeness (QED) is 0.787. The predicted molar refractivity (Wildman–Crippen MR) is 90.5 cm³/mol. The van der Waals surface area contributed by atoms with Crippen molar-refractivity contribution in [3.8, 4) is 0 Å². The highest BCUT2D eigenvalue weighted by Crippen LogP contribution is 2.36. The zero-order valence-corrected chi connectivity index (χ0v) is 13.9. The summed E-state index contributed by atoms with van der Waals surface area (Å²) in [5, 5.41) is 0. The van der Waals surface area contributed by atoms with Gasteiger partial charge in [-0.1, -0.05) is 36.8 Å². The molecular formula is C18H17NO3S. The maximum absolute atomic E-state index is 12.8. The highest BCUT2D eigenvalue weighted by atomic mass is 32.2. The molecule has 5 heteroatoms. The Balaban J connectivity index is 1.98. The van der Waals surface area contributed by atoms with Gasteiger partial charge >= 0.3 is 0 Å². The van der Waals surface area contributed by atoms with E-state index in [-0.39, 0.29) is 18.4 Å². The number of nitrogens with zero attached hydrogens (tertiary/aromatic N) is 1. The van der Waals surface area contributed by atoms with Crippen LogP contribution in [0.15, 0.2) is 52.0 Å². The summed E-state index contributed by atoms with van der Waals surface area (Å²) >= 11 is 1.41. The number of imide groups is 1. The van der Waals surface area contributed by atoms with Crippen molar-refractivity contribution in [3.05, 3.63) is 64.5 Å². The van der Waals surface area contributed by atoms with Gasteiger partial charge in [-0.05, 0) is 30.4 Å². The van der Waals surface area contributed by atoms with Crippen molar-refractivity contribution < 1.29 is 14.0 Å². The van der Waals surface area contributed by atoms with Crippen LogP contribution in [0.1, 0.15) is 23.8 Å². The van der Waals surface area contributed by atoms with Crippen LogP contribution < -0.4 is 0 Å². The second-order valence-corrected chi connectivity index (χ2v) is 6.55. The number of thioether (sulfide) groups is 1. The Labute approximate surface area is 139 Å². The number of hydrogen-bond donors (Lipinski definition) is 0. The monoisotopic (exact) mass is 327 g/mol. The van der Waals surface area contributed by atoms with Crippen LogP contribution in [0.2, 0.25) is 0 Å². The molecule has 1 aromatic heterocycles. The fourth-order valence-electron chi connectivity index (χ4n) is 2.51. The van der Waals surface area contributed by atoms with E-state index < -0.39 is 0 Å². The van der Waals surface area contributed by atoms with Crippen molar-refractivity contribution >= 4 is 29.1 Å². The first-order chi connectivity index (χ1) is 11.1. The molecule has 0 unspecified atom stereocenters. The van der Waals surface area contributed by atoms with Crippen LogP contribution in [0.25, 0.3) is 5.57 Å². The number of amides is 2. The molecule has 0 spiro atoms. The van der Waals surface area contributed by atoms with E-state index >= 15 is 0 Å². The minimum absolute atomic E-state index is 0.161. The molecule has 4 nitrogen and oxygen atoms in total. The van der Waals surface area contributed by atoms with Gasteiger partial charge in [0.2, 0.25) is 0 Å². The lowest BCUT2D eigenvalue weighted by molar-refractivity contribution is -0.137. The van der Waals surface area contributed by atoms with Crippen molar-refractivity contribution in [3.63, 3.8) is 0 Å². The van der Waals surface area contributed by atoms with E-state index in [1.165, 1.54) is 22.9 Å². The first-order valence-corrected chi connectivity index (χ1v) is 8.43. The van der Waals surface area contributed by atoms with E-state index in [1.54, 1.807) is 12.1 Å². The second-order valence-electron chi connectivity index (χ2n) is 5.28. The first-order valence-electron chi connectivity index (χ1n) is 7.44. The van der Waals surface area contributed by atoms with Gasteiger partial charge in [0, 0.05) is 0 Å². The summed E-state index contributed by atoms with van der Waals surface area (Å²) in [5.74, 6) is 0.830. The SMILES string of the molecule is CCSC1=C(c2ccc(C)cc2)C(=O)N(Cc2ccco2)C1=O. The zero-order valence-electron chi connectivity index (χ0n) is 13.0. The van der Waals surface area contributed by atoms with E-state index in [9.17, 15) is 9.59 Å². The zero-order chi connectivity index (χ0) is 16.4. The Kier molecular flexibility index (Phi) is 4.39. The minimum Gasteiger partial charge on any atom is -0.467 e. The van der Waals surface area contributed by atoms with Gasteiger partial charge in [0.05, 0.1) is 23.3 Å². The number of aryl methyl sites for hydroxylation is 1. The summed E-state index contributed by atoms with van der Waals surface area (Å²) < 4.78 is 5.27. The third-order valence-corrected chi connectivity index (χ3v) is 4.60. The molecule has 1 aliphatic rings. The van der Waals surface area contributed by atoms with E-state index in [0.29, 0.717) is 16.2 Å². The number of carbonyl (C=O) groups excluding carboxylic acids is 2. The Bertz CT molecular complexity index is 760. The van der Waals surface area contributed by atoms with E-state index in [2.05, 4.69) is 0 Å². The molecular weight excluding hydrogens is 310 g/mol. The predicted octanol–water partition coefficient (Wildman–Crippen LogP) is 3.62. The molecule has 0 bridgehead atoms. The Morgan fingerprint density at radius 3 is 2.43 bits per heavy atom. The van der Waals surface area contributed by atoms with Crippen LogP contribution in [-0.2, 0) is 16.1 Å². The third kappa shape index (κ3) is 2.97. The molecule has 0 saturated carbocycles. The van der Waals surface area contributed by atoms with E-state index in [4.69, 9.17) is 4.42 Å². The van der Waals surface area contributed by atoms with Gasteiger partial charge in [0.15, 0.2) is 0 Å². The molecule has 0 atom stereocenters. The molecule has 2 aromatic rings. The average molecular weight is 327 g/mol. The van der Waals surface area contributed by atoms with E-state index in [1.807, 2.05) is 38.1 Å². The van der Waals surface area contributed by atoms with Gasteiger partial charge < -0.3 is 4.42 Å². The molecule has 2 amide bonds. The molecule has 118 valence electrons. The lowest BCUT2D eigenvalue weighted by Crippen LogP contribution is -2.30. The maximum atomic E-state index is 12.8. The van der Waals surface area contributed by atoms with Crippen LogP contribution in [0.3, 0.4) is 0 Å². The summed E-state index contributed by atoms with van der Waals surface area (Å²) in [6.45, 7) is 4.12. The van der Waals surface area contributed by atoms with Gasteiger partial charge in [-0.25, -0.2) is 0 Å². The maximum Gasteiger partial charge on any atom is 0.268 e. The van der Waals surface area contributed by atoms with Gasteiger partial charge in [-0.2, -0.15) is 0 Å². The van der Waals surface area contributed by atoms with E-state index in [0.717, 1.165) is 16.9 Å². The van der Waals surface area contributed by atoms with Crippen molar-refractivity contribution in [2.24, 2.45) is 0 Å². The largest absolute Gasteiger partial charge is 0.467 e. The highest BCUT2D eigenvalue weighted by Gasteiger charge is 2.39. The van der Waals surface area contributed by atoms with Gasteiger partial charge in [-0.3, -0.25) is 14.5 Å². The molecule has 1 aromatic carbocycles. The summed E-state index contributed by atoms with van der Waals surface area (Å²) in [6, 6.07) is 11.2. The number of hydrogen-bond acceptors (Lipinski definition) is 4. The number of benzene rings is 1. The summed E-state index contributed by atoms with van der Waals surface area (Å²) in [6.07, 6.45) is 1.54. The molecule has 3 rings (SSSR count). The second kappa shape index (κ2) is 6.46. The Hall–Kier alpha value is -2.27. The summed E-state index contributed by atoms with van der Waals surface area (Å²) in [5.41, 5.74) is 2.39. The Morgan fingerprint density at radius 1 is 1.09 bits per heavy atom. The third-order valence-electron chi connectivity index (χ3n) is 3.65. The first kappa shape index (κ1) is 15.6. The minimum atomic E-state index is -0.258. The molecule has 0 aliphatic carbocycles. The van der Waals surface area contributed by atoms with Crippen LogP contribution in [-0.4, -0.2) is 22.5 Å². The van der Waals surface area contributed by atoms with Crippen LogP contribution in [0, 0.1) is 6.92 Å². The van der Waals surface area contributed by atoms with Crippen molar-refractivity contribution in [1.82, 2.24) is 4.90 Å². The molecule has 1 aliphatic heterocycles. The highest BCUT2D eigenvalue weighted by molar-refractivity contribution is 8.04. The van der Waals surface area contributed by atoms with Gasteiger partial charge in [0.1, 0.15) is 5.76 Å². The molecule has 0 radical (unpaired) electrons. The smallest absolute Gasteiger partial charge is 0.268 e. The van der Waals surface area contributed by atoms with Crippen LogP contribution in [0.5, 0.6) is 0 Å². The van der Waals surface area contributed by atoms with Crippen molar-refractivity contribution in [2.75, 3.05) is 5.75 Å². The number of furan rings is 1. The lowest BCUT2D eigenvalue weighted by atomic mass is 10.0. The normalized spacial score (nSPS) is 15.0. The molecule has 0 N–H and O–H groups in total. The molecule has 0 saturated heterocycles. The van der Waals surface area contributed by atoms with Gasteiger partial charge in [-0.15, -0.1) is 11.8 Å². The average Bonchev–Trinajstić information content (AvgIpc) is 3.13. The number of rotatable bonds is 5. The molecule has 23 heavy (non-hydrogen) atoms. The summed E-state index contributed by atoms with van der Waals surface area (Å²) in [7, 11) is 0. The fraction of sp³-hybridized carbons (Fsp3) is 0.222. The lowest BCUT2D eigenvalue weighted by Gasteiger charge is -2.13. The van der Waals surface area contributed by atoms with Crippen LogP contribution >= 0.6 is 11.8 Å². The summed E-state index contributed by atoms with van der Waals surface area (Å²) in [4.78, 5) is 27.2. The molecule has 2 heterocycles.